The molecule has 170 valence electrons. The molecule has 2 aliphatic heterocycles. The van der Waals surface area contributed by atoms with Crippen molar-refractivity contribution >= 4 is 17.5 Å². The Balaban J connectivity index is 1.35. The van der Waals surface area contributed by atoms with Crippen molar-refractivity contribution in [2.24, 2.45) is 5.92 Å². The Morgan fingerprint density at radius 3 is 2.56 bits per heavy atom. The summed E-state index contributed by atoms with van der Waals surface area (Å²) >= 11 is 0. The second kappa shape index (κ2) is 10.2. The van der Waals surface area contributed by atoms with Crippen LogP contribution in [0.4, 0.5) is 5.69 Å². The second-order valence-electron chi connectivity index (χ2n) is 8.69. The Hall–Kier alpha value is -2.86. The van der Waals surface area contributed by atoms with Crippen molar-refractivity contribution in [3.8, 4) is 5.75 Å². The highest BCUT2D eigenvalue weighted by Crippen LogP contribution is 2.29. The fourth-order valence-electron chi connectivity index (χ4n) is 4.78. The quantitative estimate of drug-likeness (QED) is 0.698. The van der Waals surface area contributed by atoms with E-state index in [4.69, 9.17) is 4.74 Å². The number of amides is 2. The van der Waals surface area contributed by atoms with Crippen LogP contribution in [0.3, 0.4) is 0 Å². The van der Waals surface area contributed by atoms with Crippen LogP contribution in [0.2, 0.25) is 0 Å². The van der Waals surface area contributed by atoms with Crippen molar-refractivity contribution in [2.45, 2.75) is 32.7 Å². The fraction of sp³-hybridized carbons (Fsp3) is 0.462. The van der Waals surface area contributed by atoms with Gasteiger partial charge in [0.2, 0.25) is 11.8 Å². The van der Waals surface area contributed by atoms with Gasteiger partial charge in [-0.05, 0) is 42.2 Å². The van der Waals surface area contributed by atoms with Gasteiger partial charge in [0.05, 0.1) is 13.0 Å². The van der Waals surface area contributed by atoms with Gasteiger partial charge in [0.15, 0.2) is 0 Å². The summed E-state index contributed by atoms with van der Waals surface area (Å²) in [7, 11) is 1.68. The second-order valence-corrected chi connectivity index (χ2v) is 8.69. The maximum Gasteiger partial charge on any atom is 0.228 e. The molecule has 2 aromatic carbocycles. The third-order valence-electron chi connectivity index (χ3n) is 6.60. The van der Waals surface area contributed by atoms with Crippen molar-refractivity contribution in [1.29, 1.82) is 0 Å². The lowest BCUT2D eigenvalue weighted by atomic mass is 10.1. The average molecular weight is 436 g/mol. The van der Waals surface area contributed by atoms with Gasteiger partial charge in [0, 0.05) is 51.4 Å². The zero-order chi connectivity index (χ0) is 22.5. The fourth-order valence-corrected chi connectivity index (χ4v) is 4.78. The average Bonchev–Trinajstić information content (AvgIpc) is 3.06. The van der Waals surface area contributed by atoms with Gasteiger partial charge in [-0.25, -0.2) is 0 Å². The molecule has 2 fully saturated rings. The molecule has 6 heteroatoms. The van der Waals surface area contributed by atoms with E-state index in [-0.39, 0.29) is 17.7 Å². The molecule has 0 bridgehead atoms. The van der Waals surface area contributed by atoms with E-state index in [1.807, 2.05) is 40.1 Å². The number of carbonyl (C=O) groups excluding carboxylic acids is 2. The van der Waals surface area contributed by atoms with E-state index in [0.29, 0.717) is 19.5 Å². The summed E-state index contributed by atoms with van der Waals surface area (Å²) in [6.07, 6.45) is 2.13. The first-order chi connectivity index (χ1) is 15.6. The van der Waals surface area contributed by atoms with Crippen LogP contribution in [-0.4, -0.2) is 61.4 Å². The van der Waals surface area contributed by atoms with Crippen LogP contribution in [0.25, 0.3) is 0 Å². The third kappa shape index (κ3) is 4.96. The number of ether oxygens (including phenoxy) is 1. The molecule has 0 saturated carbocycles. The van der Waals surface area contributed by atoms with Crippen molar-refractivity contribution in [3.63, 3.8) is 0 Å². The molecule has 32 heavy (non-hydrogen) atoms. The summed E-state index contributed by atoms with van der Waals surface area (Å²) < 4.78 is 5.24. The van der Waals surface area contributed by atoms with Crippen LogP contribution >= 0.6 is 0 Å². The predicted octanol–water partition coefficient (Wildman–Crippen LogP) is 3.35. The molecule has 1 atom stereocenters. The maximum absolute atomic E-state index is 13.3. The molecule has 2 saturated heterocycles. The lowest BCUT2D eigenvalue weighted by molar-refractivity contribution is -0.135. The molecule has 1 unspecified atom stereocenters. The van der Waals surface area contributed by atoms with Crippen molar-refractivity contribution in [1.82, 2.24) is 9.80 Å². The minimum absolute atomic E-state index is 0.0557. The molecule has 0 radical (unpaired) electrons. The minimum Gasteiger partial charge on any atom is -0.497 e. The lowest BCUT2D eigenvalue weighted by Crippen LogP contribution is -2.40. The third-order valence-corrected chi connectivity index (χ3v) is 6.60. The summed E-state index contributed by atoms with van der Waals surface area (Å²) in [5, 5.41) is 0. The molecule has 2 aliphatic rings. The molecule has 0 aliphatic carbocycles. The first-order valence-electron chi connectivity index (χ1n) is 11.6. The summed E-state index contributed by atoms with van der Waals surface area (Å²) in [5.74, 6) is 0.796. The Bertz CT molecular complexity index is 944. The molecule has 0 spiro atoms. The summed E-state index contributed by atoms with van der Waals surface area (Å²) in [6.45, 7) is 6.74. The van der Waals surface area contributed by atoms with Crippen LogP contribution in [0, 0.1) is 5.92 Å². The van der Waals surface area contributed by atoms with Gasteiger partial charge in [-0.1, -0.05) is 37.3 Å². The van der Waals surface area contributed by atoms with Gasteiger partial charge >= 0.3 is 0 Å². The lowest BCUT2D eigenvalue weighted by Gasteiger charge is -2.25. The topological polar surface area (TPSA) is 53.1 Å². The number of anilines is 1. The number of benzene rings is 2. The number of hydrogen-bond acceptors (Lipinski definition) is 4. The molecule has 2 aromatic rings. The number of para-hydroxylation sites is 1. The maximum atomic E-state index is 13.3. The normalized spacial score (nSPS) is 19.8. The summed E-state index contributed by atoms with van der Waals surface area (Å²) in [6, 6.07) is 16.2. The van der Waals surface area contributed by atoms with Crippen molar-refractivity contribution < 1.29 is 14.3 Å². The number of rotatable bonds is 6. The van der Waals surface area contributed by atoms with E-state index in [0.717, 1.165) is 56.0 Å². The van der Waals surface area contributed by atoms with Gasteiger partial charge in [-0.3, -0.25) is 14.5 Å². The molecular formula is C26H33N3O3. The summed E-state index contributed by atoms with van der Waals surface area (Å²) in [5.41, 5.74) is 3.35. The van der Waals surface area contributed by atoms with Gasteiger partial charge in [-0.2, -0.15) is 0 Å². The highest BCUT2D eigenvalue weighted by molar-refractivity contribution is 6.00. The van der Waals surface area contributed by atoms with E-state index in [1.165, 1.54) is 5.56 Å². The van der Waals surface area contributed by atoms with Crippen LogP contribution in [-0.2, 0) is 22.6 Å². The number of aryl methyl sites for hydroxylation is 1. The standard InChI is InChI=1S/C26H33N3O3/c1-3-21-7-4-5-8-24(21)29-19-22(17-25(29)30)26(31)28-14-6-13-27(15-16-28)18-20-9-11-23(32-2)12-10-20/h4-5,7-12,22H,3,6,13-19H2,1-2H3. The highest BCUT2D eigenvalue weighted by Gasteiger charge is 2.38. The Morgan fingerprint density at radius 2 is 1.81 bits per heavy atom. The Morgan fingerprint density at radius 1 is 1.03 bits per heavy atom. The van der Waals surface area contributed by atoms with E-state index >= 15 is 0 Å². The van der Waals surface area contributed by atoms with Crippen LogP contribution < -0.4 is 9.64 Å². The van der Waals surface area contributed by atoms with E-state index < -0.39 is 0 Å². The van der Waals surface area contributed by atoms with Gasteiger partial charge < -0.3 is 14.5 Å². The molecule has 0 N–H and O–H groups in total. The van der Waals surface area contributed by atoms with Gasteiger partial charge in [0.1, 0.15) is 5.75 Å². The van der Waals surface area contributed by atoms with Gasteiger partial charge in [0.25, 0.3) is 0 Å². The van der Waals surface area contributed by atoms with Crippen molar-refractivity contribution in [3.05, 3.63) is 59.7 Å². The van der Waals surface area contributed by atoms with Gasteiger partial charge in [-0.15, -0.1) is 0 Å². The largest absolute Gasteiger partial charge is 0.497 e. The smallest absolute Gasteiger partial charge is 0.228 e. The number of methoxy groups -OCH3 is 1. The Kier molecular flexibility index (Phi) is 7.10. The SMILES string of the molecule is CCc1ccccc1N1CC(C(=O)N2CCCN(Cc3ccc(OC)cc3)CC2)CC1=O. The van der Waals surface area contributed by atoms with Crippen LogP contribution in [0.5, 0.6) is 5.75 Å². The van der Waals surface area contributed by atoms with Crippen molar-refractivity contribution in [2.75, 3.05) is 44.7 Å². The Labute approximate surface area is 190 Å². The first-order valence-corrected chi connectivity index (χ1v) is 11.6. The monoisotopic (exact) mass is 435 g/mol. The summed E-state index contributed by atoms with van der Waals surface area (Å²) in [4.78, 5) is 32.2. The highest BCUT2D eigenvalue weighted by atomic mass is 16.5. The number of nitrogens with zero attached hydrogens (tertiary/aromatic N) is 3. The molecule has 6 nitrogen and oxygen atoms in total. The zero-order valence-electron chi connectivity index (χ0n) is 19.1. The number of carbonyl (C=O) groups is 2. The van der Waals surface area contributed by atoms with E-state index in [2.05, 4.69) is 30.0 Å². The van der Waals surface area contributed by atoms with Crippen LogP contribution in [0.15, 0.2) is 48.5 Å². The molecule has 2 heterocycles. The first kappa shape index (κ1) is 22.3. The van der Waals surface area contributed by atoms with Crippen LogP contribution in [0.1, 0.15) is 30.9 Å². The van der Waals surface area contributed by atoms with E-state index in [9.17, 15) is 9.59 Å². The molecular weight excluding hydrogens is 402 g/mol. The molecule has 0 aromatic heterocycles. The zero-order valence-corrected chi connectivity index (χ0v) is 19.1. The molecule has 2 amide bonds. The minimum atomic E-state index is -0.249. The number of hydrogen-bond donors (Lipinski definition) is 0. The molecule has 4 rings (SSSR count). The predicted molar refractivity (Wildman–Crippen MR) is 126 cm³/mol. The van der Waals surface area contributed by atoms with E-state index in [1.54, 1.807) is 7.11 Å².